The number of rotatable bonds is 2. The summed E-state index contributed by atoms with van der Waals surface area (Å²) in [5.74, 6) is -2.39. The van der Waals surface area contributed by atoms with Crippen LogP contribution in [0.4, 0.5) is 13.2 Å². The predicted molar refractivity (Wildman–Crippen MR) is 48.0 cm³/mol. The fraction of sp³-hybridized carbons (Fsp3) is 0.875. The largest absolute Gasteiger partial charge is 0.471 e. The highest BCUT2D eigenvalue weighted by molar-refractivity contribution is 5.82. The molecular weight excluding hydrogens is 263 g/mol. The molecule has 0 saturated carbocycles. The first-order chi connectivity index (χ1) is 8.18. The molecule has 0 aromatic carbocycles. The third kappa shape index (κ3) is 3.09. The van der Waals surface area contributed by atoms with Gasteiger partial charge in [0.15, 0.2) is 6.29 Å². The maximum absolute atomic E-state index is 12.0. The number of amides is 1. The SMILES string of the molecule is O=C(N[C@H]1C(O)O[C@H](CO)[C@@H](O)C1O)C(F)(F)F. The summed E-state index contributed by atoms with van der Waals surface area (Å²) in [7, 11) is 0. The Labute approximate surface area is 98.8 Å². The molecule has 1 aliphatic rings. The van der Waals surface area contributed by atoms with Gasteiger partial charge in [0.2, 0.25) is 0 Å². The average Bonchev–Trinajstić information content (AvgIpc) is 2.27. The number of aliphatic hydroxyl groups is 4. The van der Waals surface area contributed by atoms with Gasteiger partial charge in [-0.05, 0) is 0 Å². The third-order valence-electron chi connectivity index (χ3n) is 2.46. The van der Waals surface area contributed by atoms with Crippen LogP contribution in [0.5, 0.6) is 0 Å². The van der Waals surface area contributed by atoms with Crippen molar-refractivity contribution in [1.29, 1.82) is 0 Å². The first kappa shape index (κ1) is 15.1. The van der Waals surface area contributed by atoms with Gasteiger partial charge in [0.25, 0.3) is 0 Å². The lowest BCUT2D eigenvalue weighted by Crippen LogP contribution is -2.65. The molecule has 5 N–H and O–H groups in total. The monoisotopic (exact) mass is 275 g/mol. The Morgan fingerprint density at radius 1 is 1.22 bits per heavy atom. The highest BCUT2D eigenvalue weighted by atomic mass is 19.4. The summed E-state index contributed by atoms with van der Waals surface area (Å²) in [6.45, 7) is -0.755. The predicted octanol–water partition coefficient (Wildman–Crippen LogP) is -2.54. The molecule has 0 radical (unpaired) electrons. The van der Waals surface area contributed by atoms with Crippen molar-refractivity contribution in [2.75, 3.05) is 6.61 Å². The second-order valence-electron chi connectivity index (χ2n) is 3.73. The summed E-state index contributed by atoms with van der Waals surface area (Å²) in [4.78, 5) is 10.6. The Hall–Kier alpha value is -0.940. The molecule has 1 aliphatic heterocycles. The van der Waals surface area contributed by atoms with Crippen LogP contribution in [0.3, 0.4) is 0 Å². The molecule has 5 atom stereocenters. The van der Waals surface area contributed by atoms with Crippen LogP contribution in [0.1, 0.15) is 0 Å². The van der Waals surface area contributed by atoms with Crippen molar-refractivity contribution in [3.63, 3.8) is 0 Å². The van der Waals surface area contributed by atoms with Crippen molar-refractivity contribution in [3.05, 3.63) is 0 Å². The van der Waals surface area contributed by atoms with E-state index >= 15 is 0 Å². The number of halogens is 3. The van der Waals surface area contributed by atoms with Gasteiger partial charge in [-0.15, -0.1) is 0 Å². The zero-order chi connectivity index (χ0) is 14.1. The molecule has 18 heavy (non-hydrogen) atoms. The number of aliphatic hydroxyl groups excluding tert-OH is 4. The van der Waals surface area contributed by atoms with Crippen LogP contribution >= 0.6 is 0 Å². The van der Waals surface area contributed by atoms with Crippen LogP contribution in [-0.2, 0) is 9.53 Å². The minimum atomic E-state index is -5.20. The molecular formula is C8H12F3NO6. The van der Waals surface area contributed by atoms with Gasteiger partial charge in [-0.3, -0.25) is 4.79 Å². The highest BCUT2D eigenvalue weighted by Gasteiger charge is 2.48. The first-order valence-electron chi connectivity index (χ1n) is 4.86. The summed E-state index contributed by atoms with van der Waals surface area (Å²) < 4.78 is 40.5. The number of alkyl halides is 3. The van der Waals surface area contributed by atoms with Crippen LogP contribution < -0.4 is 5.32 Å². The van der Waals surface area contributed by atoms with Gasteiger partial charge in [0.1, 0.15) is 24.4 Å². The number of carbonyl (C=O) groups is 1. The molecule has 106 valence electrons. The van der Waals surface area contributed by atoms with Crippen molar-refractivity contribution >= 4 is 5.91 Å². The number of hydrogen-bond acceptors (Lipinski definition) is 6. The fourth-order valence-corrected chi connectivity index (χ4v) is 1.49. The topological polar surface area (TPSA) is 119 Å². The summed E-state index contributed by atoms with van der Waals surface area (Å²) in [5, 5.41) is 38.1. The minimum absolute atomic E-state index is 0.755. The number of hydrogen-bond donors (Lipinski definition) is 5. The van der Waals surface area contributed by atoms with E-state index in [1.54, 1.807) is 0 Å². The van der Waals surface area contributed by atoms with Gasteiger partial charge in [-0.25, -0.2) is 0 Å². The second kappa shape index (κ2) is 5.36. The summed E-state index contributed by atoms with van der Waals surface area (Å²) in [6.07, 6.45) is -12.2. The maximum Gasteiger partial charge on any atom is 0.471 e. The Kier molecular flexibility index (Phi) is 4.50. The van der Waals surface area contributed by atoms with Crippen LogP contribution in [-0.4, -0.2) is 69.8 Å². The summed E-state index contributed by atoms with van der Waals surface area (Å²) in [6, 6.07) is -1.85. The maximum atomic E-state index is 12.0. The highest BCUT2D eigenvalue weighted by Crippen LogP contribution is 2.21. The van der Waals surface area contributed by atoms with E-state index in [1.165, 1.54) is 5.32 Å². The third-order valence-corrected chi connectivity index (χ3v) is 2.46. The van der Waals surface area contributed by atoms with Gasteiger partial charge in [-0.1, -0.05) is 0 Å². The molecule has 0 aromatic rings. The molecule has 1 fully saturated rings. The van der Waals surface area contributed by atoms with Gasteiger partial charge in [0.05, 0.1) is 6.61 Å². The number of nitrogens with one attached hydrogen (secondary N) is 1. The van der Waals surface area contributed by atoms with Crippen molar-refractivity contribution in [2.24, 2.45) is 0 Å². The van der Waals surface area contributed by atoms with Crippen molar-refractivity contribution in [3.8, 4) is 0 Å². The molecule has 1 heterocycles. The molecule has 0 aliphatic carbocycles. The van der Waals surface area contributed by atoms with Gasteiger partial charge in [-0.2, -0.15) is 13.2 Å². The summed E-state index contributed by atoms with van der Waals surface area (Å²) >= 11 is 0. The van der Waals surface area contributed by atoms with E-state index in [9.17, 15) is 33.3 Å². The van der Waals surface area contributed by atoms with E-state index in [-0.39, 0.29) is 0 Å². The standard InChI is InChI=1S/C8H12F3NO6/c9-8(10,11)7(17)12-3-5(15)4(14)2(1-13)18-6(3)16/h2-6,13-16H,1H2,(H,12,17)/t2-,3-,4-,5?,6?/m1/s1. The number of ether oxygens (including phenoxy) is 1. The molecule has 10 heteroatoms. The number of carbonyl (C=O) groups excluding carboxylic acids is 1. The minimum Gasteiger partial charge on any atom is -0.394 e. The lowest BCUT2D eigenvalue weighted by Gasteiger charge is -2.40. The molecule has 1 saturated heterocycles. The normalized spacial score (nSPS) is 37.4. The van der Waals surface area contributed by atoms with Crippen LogP contribution in [0.25, 0.3) is 0 Å². The quantitative estimate of drug-likeness (QED) is 0.379. The Bertz CT molecular complexity index is 312. The van der Waals surface area contributed by atoms with E-state index in [2.05, 4.69) is 4.74 Å². The molecule has 0 aromatic heterocycles. The Morgan fingerprint density at radius 2 is 1.78 bits per heavy atom. The van der Waals surface area contributed by atoms with E-state index in [0.29, 0.717) is 0 Å². The van der Waals surface area contributed by atoms with Gasteiger partial charge < -0.3 is 30.5 Å². The molecule has 0 bridgehead atoms. The zero-order valence-corrected chi connectivity index (χ0v) is 8.83. The van der Waals surface area contributed by atoms with Crippen molar-refractivity contribution in [2.45, 2.75) is 36.8 Å². The lowest BCUT2D eigenvalue weighted by molar-refractivity contribution is -0.256. The Morgan fingerprint density at radius 3 is 2.22 bits per heavy atom. The lowest BCUT2D eigenvalue weighted by atomic mass is 9.97. The summed E-state index contributed by atoms with van der Waals surface area (Å²) in [5.41, 5.74) is 0. The fourth-order valence-electron chi connectivity index (χ4n) is 1.49. The van der Waals surface area contributed by atoms with Gasteiger partial charge >= 0.3 is 12.1 Å². The van der Waals surface area contributed by atoms with Crippen molar-refractivity contribution < 1.29 is 43.1 Å². The molecule has 7 nitrogen and oxygen atoms in total. The van der Waals surface area contributed by atoms with Crippen LogP contribution in [0, 0.1) is 0 Å². The van der Waals surface area contributed by atoms with Gasteiger partial charge in [0, 0.05) is 0 Å². The smallest absolute Gasteiger partial charge is 0.394 e. The average molecular weight is 275 g/mol. The molecule has 1 amide bonds. The van der Waals surface area contributed by atoms with E-state index in [1.807, 2.05) is 0 Å². The Balaban J connectivity index is 2.74. The zero-order valence-electron chi connectivity index (χ0n) is 8.83. The second-order valence-corrected chi connectivity index (χ2v) is 3.73. The van der Waals surface area contributed by atoms with E-state index in [0.717, 1.165) is 0 Å². The molecule has 1 rings (SSSR count). The van der Waals surface area contributed by atoms with Crippen LogP contribution in [0.15, 0.2) is 0 Å². The van der Waals surface area contributed by atoms with Crippen LogP contribution in [0.2, 0.25) is 0 Å². The van der Waals surface area contributed by atoms with E-state index < -0.39 is 49.3 Å². The molecule has 0 spiro atoms. The van der Waals surface area contributed by atoms with E-state index in [4.69, 9.17) is 5.11 Å². The molecule has 2 unspecified atom stereocenters. The van der Waals surface area contributed by atoms with Crippen molar-refractivity contribution in [1.82, 2.24) is 5.32 Å². The first-order valence-corrected chi connectivity index (χ1v) is 4.86.